The largest absolute Gasteiger partial charge is 0.385 e. The highest BCUT2D eigenvalue weighted by Crippen LogP contribution is 2.47. The van der Waals surface area contributed by atoms with Crippen molar-refractivity contribution in [2.24, 2.45) is 0 Å². The molecule has 0 amide bonds. The number of pyridine rings is 1. The summed E-state index contributed by atoms with van der Waals surface area (Å²) in [6, 6.07) is 10.3. The Bertz CT molecular complexity index is 723. The third kappa shape index (κ3) is 4.58. The summed E-state index contributed by atoms with van der Waals surface area (Å²) in [6.07, 6.45) is 8.21. The summed E-state index contributed by atoms with van der Waals surface area (Å²) < 4.78 is 0. The van der Waals surface area contributed by atoms with Crippen LogP contribution >= 0.6 is 24.0 Å². The number of rotatable bonds is 5. The van der Waals surface area contributed by atoms with Crippen molar-refractivity contribution in [3.63, 3.8) is 0 Å². The summed E-state index contributed by atoms with van der Waals surface area (Å²) in [6.45, 7) is 0.963. The van der Waals surface area contributed by atoms with Crippen LogP contribution in [0.5, 0.6) is 0 Å². The third-order valence-corrected chi connectivity index (χ3v) is 5.50. The van der Waals surface area contributed by atoms with Gasteiger partial charge in [0, 0.05) is 18.3 Å². The lowest BCUT2D eigenvalue weighted by atomic mass is 9.73. The van der Waals surface area contributed by atoms with Crippen LogP contribution in [0, 0.1) is 0 Å². The molecule has 2 atom stereocenters. The van der Waals surface area contributed by atoms with Crippen LogP contribution in [-0.2, 0) is 12.0 Å². The van der Waals surface area contributed by atoms with Crippen LogP contribution in [0.15, 0.2) is 42.7 Å². The molecule has 0 bridgehead atoms. The van der Waals surface area contributed by atoms with Gasteiger partial charge in [-0.05, 0) is 75.5 Å². The summed E-state index contributed by atoms with van der Waals surface area (Å²) in [7, 11) is 4.15. The molecule has 2 aromatic rings. The molecule has 1 aromatic carbocycles. The summed E-state index contributed by atoms with van der Waals surface area (Å²) in [5.74, 6) is 0.0181. The Labute approximate surface area is 167 Å². The minimum Gasteiger partial charge on any atom is -0.385 e. The Kier molecular flexibility index (Phi) is 7.48. The first kappa shape index (κ1) is 21.2. The van der Waals surface area contributed by atoms with Crippen LogP contribution in [0.4, 0.5) is 0 Å². The van der Waals surface area contributed by atoms with Crippen LogP contribution < -0.4 is 0 Å². The molecule has 142 valence electrons. The predicted molar refractivity (Wildman–Crippen MR) is 110 cm³/mol. The first-order valence-electron chi connectivity index (χ1n) is 9.06. The molecular weight excluding hydrogens is 367 g/mol. The molecule has 1 N–H and O–H groups in total. The van der Waals surface area contributed by atoms with E-state index in [-0.39, 0.29) is 18.3 Å². The van der Waals surface area contributed by atoms with Crippen molar-refractivity contribution in [2.45, 2.75) is 43.6 Å². The Morgan fingerprint density at radius 3 is 2.77 bits per heavy atom. The number of hydrogen-bond acceptors (Lipinski definition) is 3. The molecule has 3 nitrogen and oxygen atoms in total. The quantitative estimate of drug-likeness (QED) is 0.739. The van der Waals surface area contributed by atoms with Crippen molar-refractivity contribution >= 4 is 24.0 Å². The van der Waals surface area contributed by atoms with E-state index in [1.165, 1.54) is 5.56 Å². The number of halogens is 2. The van der Waals surface area contributed by atoms with Crippen molar-refractivity contribution in [3.05, 3.63) is 64.4 Å². The third-order valence-electron chi connectivity index (χ3n) is 5.29. The van der Waals surface area contributed by atoms with E-state index in [1.54, 1.807) is 6.20 Å². The van der Waals surface area contributed by atoms with E-state index in [1.807, 2.05) is 18.3 Å². The van der Waals surface area contributed by atoms with Crippen LogP contribution in [-0.4, -0.2) is 35.6 Å². The van der Waals surface area contributed by atoms with Gasteiger partial charge in [0.05, 0.1) is 10.6 Å². The first-order chi connectivity index (χ1) is 12.0. The minimum absolute atomic E-state index is 0. The summed E-state index contributed by atoms with van der Waals surface area (Å²) in [5.41, 5.74) is 2.51. The topological polar surface area (TPSA) is 36.4 Å². The zero-order valence-corrected chi connectivity index (χ0v) is 17.1. The SMILES string of the molecule is CN(C)CCCC1(O)c2ccccc2CCCC1c1cncc(Cl)c1.Cl. The zero-order chi connectivity index (χ0) is 17.9. The number of hydrogen-bond donors (Lipinski definition) is 1. The number of aromatic nitrogens is 1. The Balaban J connectivity index is 0.00000243. The monoisotopic (exact) mass is 394 g/mol. The van der Waals surface area contributed by atoms with Gasteiger partial charge in [-0.3, -0.25) is 4.98 Å². The maximum atomic E-state index is 11.9. The maximum Gasteiger partial charge on any atom is 0.0968 e. The fraction of sp³-hybridized carbons (Fsp3) is 0.476. The van der Waals surface area contributed by atoms with Crippen molar-refractivity contribution in [1.29, 1.82) is 0 Å². The number of aliphatic hydroxyl groups is 1. The molecule has 0 saturated carbocycles. The predicted octanol–water partition coefficient (Wildman–Crippen LogP) is 4.81. The molecule has 0 saturated heterocycles. The second-order valence-electron chi connectivity index (χ2n) is 7.37. The second-order valence-corrected chi connectivity index (χ2v) is 7.81. The van der Waals surface area contributed by atoms with Crippen molar-refractivity contribution in [3.8, 4) is 0 Å². The van der Waals surface area contributed by atoms with E-state index >= 15 is 0 Å². The molecular formula is C21H28Cl2N2O. The van der Waals surface area contributed by atoms with Gasteiger partial charge in [0.2, 0.25) is 0 Å². The van der Waals surface area contributed by atoms with Crippen molar-refractivity contribution in [1.82, 2.24) is 9.88 Å². The van der Waals surface area contributed by atoms with Gasteiger partial charge in [-0.1, -0.05) is 35.9 Å². The van der Waals surface area contributed by atoms with Gasteiger partial charge >= 0.3 is 0 Å². The molecule has 0 aliphatic heterocycles. The Morgan fingerprint density at radius 1 is 1.27 bits per heavy atom. The highest BCUT2D eigenvalue weighted by molar-refractivity contribution is 6.30. The Morgan fingerprint density at radius 2 is 2.04 bits per heavy atom. The van der Waals surface area contributed by atoms with Crippen LogP contribution in [0.25, 0.3) is 0 Å². The van der Waals surface area contributed by atoms with Gasteiger partial charge < -0.3 is 10.0 Å². The second kappa shape index (κ2) is 9.18. The van der Waals surface area contributed by atoms with Gasteiger partial charge in [0.1, 0.15) is 0 Å². The van der Waals surface area contributed by atoms with Crippen molar-refractivity contribution in [2.75, 3.05) is 20.6 Å². The fourth-order valence-electron chi connectivity index (χ4n) is 4.12. The minimum atomic E-state index is -0.879. The smallest absolute Gasteiger partial charge is 0.0968 e. The number of benzene rings is 1. The highest BCUT2D eigenvalue weighted by Gasteiger charge is 2.41. The summed E-state index contributed by atoms with van der Waals surface area (Å²) >= 11 is 6.19. The van der Waals surface area contributed by atoms with E-state index < -0.39 is 5.60 Å². The van der Waals surface area contributed by atoms with E-state index in [0.717, 1.165) is 49.8 Å². The molecule has 5 heteroatoms. The van der Waals surface area contributed by atoms with Gasteiger partial charge in [0.15, 0.2) is 0 Å². The van der Waals surface area contributed by atoms with Gasteiger partial charge in [-0.2, -0.15) is 0 Å². The van der Waals surface area contributed by atoms with E-state index in [9.17, 15) is 5.11 Å². The lowest BCUT2D eigenvalue weighted by Gasteiger charge is -2.37. The lowest BCUT2D eigenvalue weighted by Crippen LogP contribution is -2.34. The zero-order valence-electron chi connectivity index (χ0n) is 15.5. The average Bonchev–Trinajstić information content (AvgIpc) is 2.72. The number of nitrogens with zero attached hydrogens (tertiary/aromatic N) is 2. The maximum absolute atomic E-state index is 11.9. The van der Waals surface area contributed by atoms with E-state index in [2.05, 4.69) is 42.2 Å². The summed E-state index contributed by atoms with van der Waals surface area (Å²) in [4.78, 5) is 6.44. The molecule has 26 heavy (non-hydrogen) atoms. The van der Waals surface area contributed by atoms with Gasteiger partial charge in [-0.25, -0.2) is 0 Å². The molecule has 1 heterocycles. The fourth-order valence-corrected chi connectivity index (χ4v) is 4.30. The lowest BCUT2D eigenvalue weighted by molar-refractivity contribution is -0.00614. The first-order valence-corrected chi connectivity index (χ1v) is 9.44. The van der Waals surface area contributed by atoms with Crippen LogP contribution in [0.3, 0.4) is 0 Å². The molecule has 2 unspecified atom stereocenters. The molecule has 0 fully saturated rings. The molecule has 3 rings (SSSR count). The molecule has 0 spiro atoms. The van der Waals surface area contributed by atoms with Gasteiger partial charge in [0.25, 0.3) is 0 Å². The van der Waals surface area contributed by atoms with Crippen LogP contribution in [0.2, 0.25) is 5.02 Å². The summed E-state index contributed by atoms with van der Waals surface area (Å²) in [5, 5.41) is 12.6. The van der Waals surface area contributed by atoms with E-state index in [4.69, 9.17) is 11.6 Å². The molecule has 1 aliphatic carbocycles. The van der Waals surface area contributed by atoms with Gasteiger partial charge in [-0.15, -0.1) is 12.4 Å². The Hall–Kier alpha value is -1.13. The van der Waals surface area contributed by atoms with Crippen LogP contribution in [0.1, 0.15) is 48.3 Å². The standard InChI is InChI=1S/C21H27ClN2O.ClH/c1-24(2)12-6-11-21(25)19-9-4-3-7-16(19)8-5-10-20(21)17-13-18(22)15-23-14-17;/h3-4,7,9,13-15,20,25H,5-6,8,10-12H2,1-2H3;1H. The number of aryl methyl sites for hydroxylation is 1. The average molecular weight is 395 g/mol. The normalized spacial score (nSPS) is 22.4. The highest BCUT2D eigenvalue weighted by atomic mass is 35.5. The molecule has 1 aliphatic rings. The molecule has 0 radical (unpaired) electrons. The van der Waals surface area contributed by atoms with E-state index in [0.29, 0.717) is 5.02 Å². The molecule has 1 aromatic heterocycles. The van der Waals surface area contributed by atoms with Crippen molar-refractivity contribution < 1.29 is 5.11 Å². The number of fused-ring (bicyclic) bond motifs is 1.